The average molecular weight is 379 g/mol. The minimum atomic E-state index is -0.179. The summed E-state index contributed by atoms with van der Waals surface area (Å²) in [6, 6.07) is 0. The number of halogens is 2. The van der Waals surface area contributed by atoms with E-state index in [0.717, 1.165) is 52.4 Å². The highest BCUT2D eigenvalue weighted by Gasteiger charge is 2.41. The third kappa shape index (κ3) is 4.99. The van der Waals surface area contributed by atoms with Crippen molar-refractivity contribution in [1.82, 2.24) is 19.6 Å². The molecule has 2 fully saturated rings. The first-order chi connectivity index (χ1) is 11.0. The first kappa shape index (κ1) is 20.7. The van der Waals surface area contributed by atoms with Crippen LogP contribution in [0, 0.1) is 10.8 Å². The Hall–Kier alpha value is 0.420. The number of hydrogen-bond acceptors (Lipinski definition) is 4. The Morgan fingerprint density at radius 1 is 0.750 bits per heavy atom. The van der Waals surface area contributed by atoms with Crippen LogP contribution < -0.4 is 0 Å². The first-order valence-corrected chi connectivity index (χ1v) is 10.0. The van der Waals surface area contributed by atoms with Crippen molar-refractivity contribution in [3.8, 4) is 0 Å². The third-order valence-electron chi connectivity index (χ3n) is 5.53. The molecule has 0 N–H and O–H groups in total. The van der Waals surface area contributed by atoms with E-state index in [2.05, 4.69) is 61.4 Å². The molecule has 0 aromatic rings. The molecule has 2 aliphatic rings. The van der Waals surface area contributed by atoms with Gasteiger partial charge in [0.25, 0.3) is 0 Å². The summed E-state index contributed by atoms with van der Waals surface area (Å²) in [6.45, 7) is 17.5. The minimum Gasteiger partial charge on any atom is -0.305 e. The summed E-state index contributed by atoms with van der Waals surface area (Å²) >= 11 is 13.8. The molecule has 24 heavy (non-hydrogen) atoms. The molecule has 4 nitrogen and oxygen atoms in total. The van der Waals surface area contributed by atoms with Crippen LogP contribution in [0.4, 0.5) is 0 Å². The Morgan fingerprint density at radius 3 is 2.00 bits per heavy atom. The van der Waals surface area contributed by atoms with E-state index in [9.17, 15) is 0 Å². The second-order valence-corrected chi connectivity index (χ2v) is 10.0. The molecule has 2 rings (SSSR count). The highest BCUT2D eigenvalue weighted by molar-refractivity contribution is 6.24. The molecule has 142 valence electrons. The Labute approximate surface area is 159 Å². The van der Waals surface area contributed by atoms with Gasteiger partial charge < -0.3 is 9.80 Å². The van der Waals surface area contributed by atoms with Gasteiger partial charge in [0.05, 0.1) is 11.0 Å². The van der Waals surface area contributed by atoms with Gasteiger partial charge in [-0.15, -0.1) is 23.2 Å². The standard InChI is InChI=1S/C18H36Cl2N4/c1-17(2)13-21(5)7-11-24-12-10-23(14-17)9-8-22(6)15(19)18(3,4)16(24)20/h15-16H,7-14H2,1-6H3. The van der Waals surface area contributed by atoms with E-state index in [1.807, 2.05) is 0 Å². The molecule has 2 heterocycles. The van der Waals surface area contributed by atoms with E-state index >= 15 is 0 Å². The number of nitrogens with zero attached hydrogens (tertiary/aromatic N) is 4. The smallest absolute Gasteiger partial charge is 0.0929 e. The van der Waals surface area contributed by atoms with Crippen LogP contribution in [-0.4, -0.2) is 97.1 Å². The van der Waals surface area contributed by atoms with Gasteiger partial charge in [0, 0.05) is 57.8 Å². The minimum absolute atomic E-state index is 0.0664. The number of fused-ring (bicyclic) bond motifs is 3. The molecule has 2 aliphatic heterocycles. The fourth-order valence-corrected chi connectivity index (χ4v) is 4.80. The molecule has 6 heteroatoms. The monoisotopic (exact) mass is 378 g/mol. The zero-order chi connectivity index (χ0) is 18.1. The highest BCUT2D eigenvalue weighted by atomic mass is 35.5. The number of hydrogen-bond donors (Lipinski definition) is 0. The highest BCUT2D eigenvalue weighted by Crippen LogP contribution is 2.37. The van der Waals surface area contributed by atoms with Crippen LogP contribution in [-0.2, 0) is 0 Å². The molecule has 0 aliphatic carbocycles. The van der Waals surface area contributed by atoms with E-state index < -0.39 is 0 Å². The molecule has 0 saturated carbocycles. The lowest BCUT2D eigenvalue weighted by atomic mass is 9.89. The van der Waals surface area contributed by atoms with E-state index in [1.54, 1.807) is 0 Å². The summed E-state index contributed by atoms with van der Waals surface area (Å²) in [6.07, 6.45) is 0. The fourth-order valence-electron chi connectivity index (χ4n) is 4.21. The number of rotatable bonds is 0. The molecule has 0 spiro atoms. The van der Waals surface area contributed by atoms with Crippen LogP contribution in [0.3, 0.4) is 0 Å². The molecule has 4 atom stereocenters. The maximum atomic E-state index is 6.96. The molecule has 0 aromatic carbocycles. The van der Waals surface area contributed by atoms with Gasteiger partial charge >= 0.3 is 0 Å². The summed E-state index contributed by atoms with van der Waals surface area (Å²) < 4.78 is 0. The van der Waals surface area contributed by atoms with Crippen molar-refractivity contribution in [2.45, 2.75) is 38.7 Å². The SMILES string of the molecule is CN1CCN2CCN(CCN(C)C(Cl)C(C)(C)C2Cl)CC(C)(C)C1. The maximum Gasteiger partial charge on any atom is 0.0929 e. The molecular weight excluding hydrogens is 343 g/mol. The Balaban J connectivity index is 2.28. The molecular formula is C18H36Cl2N4. The Morgan fingerprint density at radius 2 is 1.33 bits per heavy atom. The van der Waals surface area contributed by atoms with Gasteiger partial charge in [0.1, 0.15) is 0 Å². The topological polar surface area (TPSA) is 13.0 Å². The van der Waals surface area contributed by atoms with Crippen molar-refractivity contribution >= 4 is 23.2 Å². The zero-order valence-electron chi connectivity index (χ0n) is 16.4. The van der Waals surface area contributed by atoms with Gasteiger partial charge in [-0.25, -0.2) is 0 Å². The summed E-state index contributed by atoms with van der Waals surface area (Å²) in [5.41, 5.74) is -0.0268. The van der Waals surface area contributed by atoms with Crippen molar-refractivity contribution in [2.75, 3.05) is 66.5 Å². The van der Waals surface area contributed by atoms with Gasteiger partial charge in [0.2, 0.25) is 0 Å². The van der Waals surface area contributed by atoms with Crippen LogP contribution in [0.1, 0.15) is 27.7 Å². The van der Waals surface area contributed by atoms with Gasteiger partial charge in [0.15, 0.2) is 0 Å². The summed E-state index contributed by atoms with van der Waals surface area (Å²) in [7, 11) is 4.35. The first-order valence-electron chi connectivity index (χ1n) is 9.16. The maximum absolute atomic E-state index is 6.96. The van der Waals surface area contributed by atoms with Crippen LogP contribution in [0.5, 0.6) is 0 Å². The lowest BCUT2D eigenvalue weighted by Gasteiger charge is -2.47. The van der Waals surface area contributed by atoms with E-state index in [1.165, 1.54) is 0 Å². The second kappa shape index (κ2) is 7.98. The second-order valence-electron chi connectivity index (χ2n) is 9.19. The largest absolute Gasteiger partial charge is 0.305 e. The van der Waals surface area contributed by atoms with E-state index in [-0.39, 0.29) is 16.4 Å². The third-order valence-corrected chi connectivity index (χ3v) is 7.26. The normalized spacial score (nSPS) is 39.5. The molecule has 0 radical (unpaired) electrons. The fraction of sp³-hybridized carbons (Fsp3) is 1.00. The van der Waals surface area contributed by atoms with Crippen molar-refractivity contribution in [3.63, 3.8) is 0 Å². The van der Waals surface area contributed by atoms with E-state index in [0.29, 0.717) is 5.41 Å². The number of likely N-dealkylation sites (N-methyl/N-ethyl adjacent to an activating group) is 2. The van der Waals surface area contributed by atoms with Crippen molar-refractivity contribution in [3.05, 3.63) is 0 Å². The molecule has 2 saturated heterocycles. The Bertz CT molecular complexity index is 416. The van der Waals surface area contributed by atoms with Gasteiger partial charge in [-0.3, -0.25) is 9.80 Å². The lowest BCUT2D eigenvalue weighted by Crippen LogP contribution is -2.57. The van der Waals surface area contributed by atoms with E-state index in [4.69, 9.17) is 23.2 Å². The van der Waals surface area contributed by atoms with Crippen molar-refractivity contribution in [1.29, 1.82) is 0 Å². The summed E-state index contributed by atoms with van der Waals surface area (Å²) in [5.74, 6) is 0. The predicted octanol–water partition coefficient (Wildman–Crippen LogP) is 2.66. The lowest BCUT2D eigenvalue weighted by molar-refractivity contribution is 0.0313. The van der Waals surface area contributed by atoms with Crippen molar-refractivity contribution < 1.29 is 0 Å². The van der Waals surface area contributed by atoms with Crippen LogP contribution in [0.2, 0.25) is 0 Å². The van der Waals surface area contributed by atoms with Gasteiger partial charge in [-0.05, 0) is 19.5 Å². The zero-order valence-corrected chi connectivity index (χ0v) is 17.9. The summed E-state index contributed by atoms with van der Waals surface area (Å²) in [5, 5.41) is 0. The molecule has 0 amide bonds. The summed E-state index contributed by atoms with van der Waals surface area (Å²) in [4.78, 5) is 9.73. The van der Waals surface area contributed by atoms with Crippen LogP contribution in [0.15, 0.2) is 0 Å². The Kier molecular flexibility index (Phi) is 6.89. The number of alkyl halides is 2. The molecule has 0 aromatic heterocycles. The predicted molar refractivity (Wildman–Crippen MR) is 105 cm³/mol. The van der Waals surface area contributed by atoms with Crippen LogP contribution >= 0.6 is 23.2 Å². The van der Waals surface area contributed by atoms with Gasteiger partial charge in [-0.1, -0.05) is 27.7 Å². The molecule has 2 bridgehead atoms. The molecule has 4 unspecified atom stereocenters. The van der Waals surface area contributed by atoms with Crippen molar-refractivity contribution in [2.24, 2.45) is 10.8 Å². The quantitative estimate of drug-likeness (QED) is 0.474. The average Bonchev–Trinajstić information content (AvgIpc) is 2.48. The van der Waals surface area contributed by atoms with Gasteiger partial charge in [-0.2, -0.15) is 0 Å². The van der Waals surface area contributed by atoms with Crippen LogP contribution in [0.25, 0.3) is 0 Å².